The zero-order chi connectivity index (χ0) is 14.8. The molecular weight excluding hydrogens is 279 g/mol. The van der Waals surface area contributed by atoms with Crippen molar-refractivity contribution in [1.82, 2.24) is 0 Å². The van der Waals surface area contributed by atoms with Gasteiger partial charge in [0, 0.05) is 5.69 Å². The molecule has 3 N–H and O–H groups in total. The number of hydrogen-bond donors (Lipinski definition) is 2. The first-order valence-corrected chi connectivity index (χ1v) is 7.58. The van der Waals surface area contributed by atoms with E-state index >= 15 is 0 Å². The van der Waals surface area contributed by atoms with Gasteiger partial charge in [-0.1, -0.05) is 25.1 Å². The van der Waals surface area contributed by atoms with Crippen LogP contribution in [0.25, 0.3) is 0 Å². The van der Waals surface area contributed by atoms with Crippen LogP contribution in [-0.2, 0) is 16.4 Å². The van der Waals surface area contributed by atoms with Crippen molar-refractivity contribution in [2.24, 2.45) is 0 Å². The number of nitrogens with one attached hydrogen (secondary N) is 1. The minimum absolute atomic E-state index is 0.308. The average molecular weight is 294 g/mol. The molecule has 4 nitrogen and oxygen atoms in total. The summed E-state index contributed by atoms with van der Waals surface area (Å²) in [5.41, 5.74) is 7.55. The van der Waals surface area contributed by atoms with Gasteiger partial charge in [0.15, 0.2) is 0 Å². The average Bonchev–Trinajstić information content (AvgIpc) is 2.38. The zero-order valence-corrected chi connectivity index (χ0v) is 11.7. The van der Waals surface area contributed by atoms with Crippen molar-refractivity contribution in [1.29, 1.82) is 0 Å². The lowest BCUT2D eigenvalue weighted by molar-refractivity contribution is 0.570. The van der Waals surface area contributed by atoms with Crippen molar-refractivity contribution in [3.05, 3.63) is 53.8 Å². The van der Waals surface area contributed by atoms with Crippen LogP contribution in [0.4, 0.5) is 15.8 Å². The second-order valence-electron chi connectivity index (χ2n) is 4.30. The van der Waals surface area contributed by atoms with Crippen molar-refractivity contribution in [2.45, 2.75) is 18.2 Å². The molecule has 0 aliphatic heterocycles. The molecule has 0 bridgehead atoms. The SMILES string of the molecule is CCc1ccc(NS(=O)(=O)c2ccccc2F)cc1N. The number of rotatable bonds is 4. The Hall–Kier alpha value is -2.08. The highest BCUT2D eigenvalue weighted by Crippen LogP contribution is 2.22. The van der Waals surface area contributed by atoms with Crippen molar-refractivity contribution in [2.75, 3.05) is 10.5 Å². The smallest absolute Gasteiger partial charge is 0.264 e. The molecule has 106 valence electrons. The fourth-order valence-corrected chi connectivity index (χ4v) is 2.98. The fourth-order valence-electron chi connectivity index (χ4n) is 1.85. The molecule has 6 heteroatoms. The molecule has 0 heterocycles. The molecular formula is C14H15FN2O2S. The summed E-state index contributed by atoms with van der Waals surface area (Å²) in [5.74, 6) is -0.793. The molecule has 0 aliphatic rings. The summed E-state index contributed by atoms with van der Waals surface area (Å²) in [7, 11) is -3.96. The van der Waals surface area contributed by atoms with E-state index in [9.17, 15) is 12.8 Å². The van der Waals surface area contributed by atoms with Crippen LogP contribution in [0.1, 0.15) is 12.5 Å². The van der Waals surface area contributed by atoms with Crippen molar-refractivity contribution in [3.63, 3.8) is 0 Å². The molecule has 2 aromatic carbocycles. The highest BCUT2D eigenvalue weighted by molar-refractivity contribution is 7.92. The van der Waals surface area contributed by atoms with Gasteiger partial charge in [-0.25, -0.2) is 12.8 Å². The molecule has 0 aromatic heterocycles. The van der Waals surface area contributed by atoms with E-state index in [-0.39, 0.29) is 0 Å². The maximum absolute atomic E-state index is 13.5. The molecule has 20 heavy (non-hydrogen) atoms. The lowest BCUT2D eigenvalue weighted by atomic mass is 10.1. The molecule has 0 unspecified atom stereocenters. The highest BCUT2D eigenvalue weighted by Gasteiger charge is 2.18. The summed E-state index contributed by atoms with van der Waals surface area (Å²) < 4.78 is 40.1. The molecule has 2 rings (SSSR count). The van der Waals surface area contributed by atoms with Gasteiger partial charge >= 0.3 is 0 Å². The van der Waals surface area contributed by atoms with E-state index in [2.05, 4.69) is 4.72 Å². The normalized spacial score (nSPS) is 11.3. The predicted molar refractivity (Wildman–Crippen MR) is 77.4 cm³/mol. The van der Waals surface area contributed by atoms with Gasteiger partial charge in [0.1, 0.15) is 10.7 Å². The van der Waals surface area contributed by atoms with Gasteiger partial charge in [0.2, 0.25) is 0 Å². The van der Waals surface area contributed by atoms with Gasteiger partial charge in [0.25, 0.3) is 10.0 Å². The van der Waals surface area contributed by atoms with Gasteiger partial charge < -0.3 is 5.73 Å². The lowest BCUT2D eigenvalue weighted by Gasteiger charge is -2.10. The first kappa shape index (κ1) is 14.3. The van der Waals surface area contributed by atoms with Crippen LogP contribution in [-0.4, -0.2) is 8.42 Å². The summed E-state index contributed by atoms with van der Waals surface area (Å²) in [6.07, 6.45) is 0.756. The topological polar surface area (TPSA) is 72.2 Å². The van der Waals surface area contributed by atoms with E-state index in [1.165, 1.54) is 24.3 Å². The Bertz CT molecular complexity index is 730. The third-order valence-electron chi connectivity index (χ3n) is 2.91. The fraction of sp³-hybridized carbons (Fsp3) is 0.143. The van der Waals surface area contributed by atoms with Crippen molar-refractivity contribution >= 4 is 21.4 Å². The standard InChI is InChI=1S/C14H15FN2O2S/c1-2-10-7-8-11(9-13(10)16)17-20(18,19)14-6-4-3-5-12(14)15/h3-9,17H,2,16H2,1H3. The Labute approximate surface area is 117 Å². The first-order chi connectivity index (χ1) is 9.44. The molecule has 0 radical (unpaired) electrons. The number of hydrogen-bond acceptors (Lipinski definition) is 3. The Balaban J connectivity index is 2.34. The van der Waals surface area contributed by atoms with E-state index in [4.69, 9.17) is 5.73 Å². The van der Waals surface area contributed by atoms with Crippen LogP contribution in [0.2, 0.25) is 0 Å². The number of benzene rings is 2. The van der Waals surface area contributed by atoms with Gasteiger partial charge in [-0.15, -0.1) is 0 Å². The van der Waals surface area contributed by atoms with E-state index in [1.54, 1.807) is 12.1 Å². The summed E-state index contributed by atoms with van der Waals surface area (Å²) >= 11 is 0. The number of nitrogens with two attached hydrogens (primary N) is 1. The molecule has 0 fully saturated rings. The highest BCUT2D eigenvalue weighted by atomic mass is 32.2. The summed E-state index contributed by atoms with van der Waals surface area (Å²) in [6.45, 7) is 1.95. The molecule has 0 aliphatic carbocycles. The van der Waals surface area contributed by atoms with Gasteiger partial charge in [0.05, 0.1) is 5.69 Å². The third kappa shape index (κ3) is 2.91. The Morgan fingerprint density at radius 2 is 1.90 bits per heavy atom. The second kappa shape index (κ2) is 5.50. The number of sulfonamides is 1. The predicted octanol–water partition coefficient (Wildman–Crippen LogP) is 2.77. The lowest BCUT2D eigenvalue weighted by Crippen LogP contribution is -2.14. The summed E-state index contributed by atoms with van der Waals surface area (Å²) in [6, 6.07) is 10.1. The van der Waals surface area contributed by atoms with E-state index < -0.39 is 20.7 Å². The van der Waals surface area contributed by atoms with Gasteiger partial charge in [-0.2, -0.15) is 0 Å². The van der Waals surface area contributed by atoms with Crippen molar-refractivity contribution in [3.8, 4) is 0 Å². The maximum Gasteiger partial charge on any atom is 0.264 e. The van der Waals surface area contributed by atoms with Crippen LogP contribution < -0.4 is 10.5 Å². The van der Waals surface area contributed by atoms with Crippen molar-refractivity contribution < 1.29 is 12.8 Å². The van der Waals surface area contributed by atoms with Crippen LogP contribution in [0.5, 0.6) is 0 Å². The minimum Gasteiger partial charge on any atom is -0.398 e. The number of anilines is 2. The molecule has 0 saturated heterocycles. The zero-order valence-electron chi connectivity index (χ0n) is 10.9. The quantitative estimate of drug-likeness (QED) is 0.852. The van der Waals surface area contributed by atoms with Crippen LogP contribution in [0, 0.1) is 5.82 Å². The van der Waals surface area contributed by atoms with E-state index in [0.717, 1.165) is 18.1 Å². The van der Waals surface area contributed by atoms with Crippen LogP contribution in [0.3, 0.4) is 0 Å². The maximum atomic E-state index is 13.5. The first-order valence-electron chi connectivity index (χ1n) is 6.10. The monoisotopic (exact) mass is 294 g/mol. The molecule has 0 saturated carbocycles. The Kier molecular flexibility index (Phi) is 3.94. The number of aryl methyl sites for hydroxylation is 1. The Morgan fingerprint density at radius 3 is 2.50 bits per heavy atom. The van der Waals surface area contributed by atoms with E-state index in [1.807, 2.05) is 6.92 Å². The van der Waals surface area contributed by atoms with E-state index in [0.29, 0.717) is 11.4 Å². The molecule has 0 atom stereocenters. The molecule has 2 aromatic rings. The largest absolute Gasteiger partial charge is 0.398 e. The second-order valence-corrected chi connectivity index (χ2v) is 5.95. The molecule has 0 amide bonds. The summed E-state index contributed by atoms with van der Waals surface area (Å²) in [5, 5.41) is 0. The third-order valence-corrected chi connectivity index (χ3v) is 4.32. The summed E-state index contributed by atoms with van der Waals surface area (Å²) in [4.78, 5) is -0.391. The number of nitrogen functional groups attached to an aromatic ring is 1. The number of halogens is 1. The van der Waals surface area contributed by atoms with Crippen LogP contribution >= 0.6 is 0 Å². The molecule has 0 spiro atoms. The van der Waals surface area contributed by atoms with Gasteiger partial charge in [-0.3, -0.25) is 4.72 Å². The van der Waals surface area contributed by atoms with Crippen LogP contribution in [0.15, 0.2) is 47.4 Å². The Morgan fingerprint density at radius 1 is 1.20 bits per heavy atom. The minimum atomic E-state index is -3.96. The van der Waals surface area contributed by atoms with Gasteiger partial charge in [-0.05, 0) is 36.2 Å².